The summed E-state index contributed by atoms with van der Waals surface area (Å²) in [5.41, 5.74) is 5.83. The number of carbonyl (C=O) groups is 1. The second-order valence-corrected chi connectivity index (χ2v) is 10.5. The highest BCUT2D eigenvalue weighted by Crippen LogP contribution is 2.29. The van der Waals surface area contributed by atoms with Crippen molar-refractivity contribution in [3.8, 4) is 0 Å². The van der Waals surface area contributed by atoms with Crippen molar-refractivity contribution in [2.75, 3.05) is 29.6 Å². The lowest BCUT2D eigenvalue weighted by atomic mass is 9.91. The first-order valence-electron chi connectivity index (χ1n) is 13.6. The van der Waals surface area contributed by atoms with Gasteiger partial charge in [0.2, 0.25) is 5.95 Å². The van der Waals surface area contributed by atoms with Crippen LogP contribution < -0.4 is 20.9 Å². The van der Waals surface area contributed by atoms with Gasteiger partial charge in [-0.05, 0) is 81.0 Å². The predicted octanol–water partition coefficient (Wildman–Crippen LogP) is 5.56. The molecule has 3 aromatic rings. The van der Waals surface area contributed by atoms with Gasteiger partial charge in [-0.1, -0.05) is 42.5 Å². The summed E-state index contributed by atoms with van der Waals surface area (Å²) in [4.78, 5) is 24.4. The molecule has 7 nitrogen and oxygen atoms in total. The van der Waals surface area contributed by atoms with E-state index < -0.39 is 0 Å². The molecule has 0 radical (unpaired) electrons. The lowest BCUT2D eigenvalue weighted by molar-refractivity contribution is 0.243. The Kier molecular flexibility index (Phi) is 7.87. The molecule has 2 aliphatic rings. The van der Waals surface area contributed by atoms with Gasteiger partial charge in [0.15, 0.2) is 0 Å². The Bertz CT molecular complexity index is 1190. The van der Waals surface area contributed by atoms with Crippen LogP contribution in [-0.4, -0.2) is 42.2 Å². The van der Waals surface area contributed by atoms with Gasteiger partial charge in [-0.2, -0.15) is 4.98 Å². The summed E-state index contributed by atoms with van der Waals surface area (Å²) < 4.78 is 0. The van der Waals surface area contributed by atoms with E-state index >= 15 is 0 Å². The van der Waals surface area contributed by atoms with Crippen LogP contribution in [0.15, 0.2) is 54.6 Å². The third-order valence-electron chi connectivity index (χ3n) is 7.44. The topological polar surface area (TPSA) is 82.2 Å². The van der Waals surface area contributed by atoms with Gasteiger partial charge < -0.3 is 20.9 Å². The minimum absolute atomic E-state index is 0.138. The summed E-state index contributed by atoms with van der Waals surface area (Å²) in [6.07, 6.45) is 9.25. The normalized spacial score (nSPS) is 19.0. The monoisotopic (exact) mass is 498 g/mol. The van der Waals surface area contributed by atoms with E-state index in [2.05, 4.69) is 71.3 Å². The van der Waals surface area contributed by atoms with Crippen LogP contribution in [-0.2, 0) is 19.3 Å². The fraction of sp³-hybridized carbons (Fsp3) is 0.433. The quantitative estimate of drug-likeness (QED) is 0.397. The van der Waals surface area contributed by atoms with Crippen LogP contribution in [0.2, 0.25) is 0 Å². The SMILES string of the molecule is CN(C)c1nc(NC2CCC(NC(=O)Nc3ccc(Cc4ccccc4)cc3)CC2)nc2c1CCCC2. The Morgan fingerprint density at radius 2 is 1.54 bits per heavy atom. The first-order chi connectivity index (χ1) is 18.0. The van der Waals surface area contributed by atoms with Crippen LogP contribution in [0, 0.1) is 0 Å². The second kappa shape index (κ2) is 11.6. The molecule has 5 rings (SSSR count). The third kappa shape index (κ3) is 6.59. The van der Waals surface area contributed by atoms with Crippen molar-refractivity contribution < 1.29 is 4.79 Å². The zero-order valence-corrected chi connectivity index (χ0v) is 22.0. The number of aryl methyl sites for hydroxylation is 1. The van der Waals surface area contributed by atoms with Gasteiger partial charge in [0.25, 0.3) is 0 Å². The van der Waals surface area contributed by atoms with E-state index in [9.17, 15) is 4.79 Å². The number of benzene rings is 2. The smallest absolute Gasteiger partial charge is 0.319 e. The first-order valence-corrected chi connectivity index (χ1v) is 13.6. The van der Waals surface area contributed by atoms with Crippen molar-refractivity contribution in [3.05, 3.63) is 77.0 Å². The molecule has 0 saturated heterocycles. The van der Waals surface area contributed by atoms with Gasteiger partial charge >= 0.3 is 6.03 Å². The number of hydrogen-bond acceptors (Lipinski definition) is 5. The van der Waals surface area contributed by atoms with E-state index in [0.29, 0.717) is 6.04 Å². The van der Waals surface area contributed by atoms with Gasteiger partial charge in [0.1, 0.15) is 5.82 Å². The van der Waals surface area contributed by atoms with Gasteiger partial charge in [-0.15, -0.1) is 0 Å². The van der Waals surface area contributed by atoms with Crippen molar-refractivity contribution in [3.63, 3.8) is 0 Å². The minimum atomic E-state index is -0.138. The van der Waals surface area contributed by atoms with Crippen molar-refractivity contribution in [1.82, 2.24) is 15.3 Å². The van der Waals surface area contributed by atoms with Crippen molar-refractivity contribution in [2.24, 2.45) is 0 Å². The molecule has 1 aromatic heterocycles. The molecule has 2 amide bonds. The second-order valence-electron chi connectivity index (χ2n) is 10.5. The summed E-state index contributed by atoms with van der Waals surface area (Å²) in [6, 6.07) is 18.9. The number of aromatic nitrogens is 2. The van der Waals surface area contributed by atoms with Crippen molar-refractivity contribution in [1.29, 1.82) is 0 Å². The Balaban J connectivity index is 1.09. The summed E-state index contributed by atoms with van der Waals surface area (Å²) in [5.74, 6) is 1.79. The van der Waals surface area contributed by atoms with E-state index in [1.807, 2.05) is 18.2 Å². The lowest BCUT2D eigenvalue weighted by Crippen LogP contribution is -2.42. The molecule has 0 atom stereocenters. The summed E-state index contributed by atoms with van der Waals surface area (Å²) in [7, 11) is 4.12. The molecule has 2 aromatic carbocycles. The van der Waals surface area contributed by atoms with Gasteiger partial charge in [0, 0.05) is 37.4 Å². The van der Waals surface area contributed by atoms with E-state index in [-0.39, 0.29) is 12.1 Å². The van der Waals surface area contributed by atoms with E-state index in [0.717, 1.165) is 62.4 Å². The number of nitrogens with zero attached hydrogens (tertiary/aromatic N) is 3. The Morgan fingerprint density at radius 1 is 0.865 bits per heavy atom. The molecular formula is C30H38N6O. The molecule has 1 fully saturated rings. The maximum atomic E-state index is 12.6. The van der Waals surface area contributed by atoms with Gasteiger partial charge in [0.05, 0.1) is 5.69 Å². The average molecular weight is 499 g/mol. The Hall–Kier alpha value is -3.61. The molecule has 1 saturated carbocycles. The maximum Gasteiger partial charge on any atom is 0.319 e. The van der Waals surface area contributed by atoms with E-state index in [1.54, 1.807) is 0 Å². The molecule has 37 heavy (non-hydrogen) atoms. The highest BCUT2D eigenvalue weighted by atomic mass is 16.2. The van der Waals surface area contributed by atoms with Crippen LogP contribution in [0.1, 0.15) is 60.9 Å². The predicted molar refractivity (Wildman–Crippen MR) is 151 cm³/mol. The van der Waals surface area contributed by atoms with Crippen LogP contribution in [0.4, 0.5) is 22.2 Å². The van der Waals surface area contributed by atoms with Crippen LogP contribution >= 0.6 is 0 Å². The number of nitrogens with one attached hydrogen (secondary N) is 3. The summed E-state index contributed by atoms with van der Waals surface area (Å²) in [6.45, 7) is 0. The van der Waals surface area contributed by atoms with Crippen molar-refractivity contribution >= 4 is 23.5 Å². The molecule has 0 bridgehead atoms. The number of carbonyl (C=O) groups excluding carboxylic acids is 1. The standard InChI is InChI=1S/C30H38N6O/c1-36(2)28-26-10-6-7-11-27(26)34-29(35-28)31-23-16-18-25(19-17-23)33-30(37)32-24-14-12-22(13-15-24)20-21-8-4-3-5-9-21/h3-5,8-9,12-15,23,25H,6-7,10-11,16-20H2,1-2H3,(H,31,34,35)(H2,32,33,37). The largest absolute Gasteiger partial charge is 0.362 e. The van der Waals surface area contributed by atoms with E-state index in [1.165, 1.54) is 35.2 Å². The number of fused-ring (bicyclic) bond motifs is 1. The van der Waals surface area contributed by atoms with Crippen LogP contribution in [0.5, 0.6) is 0 Å². The lowest BCUT2D eigenvalue weighted by Gasteiger charge is -2.30. The molecule has 2 aliphatic carbocycles. The number of rotatable bonds is 7. The fourth-order valence-electron chi connectivity index (χ4n) is 5.46. The molecule has 7 heteroatoms. The van der Waals surface area contributed by atoms with Crippen molar-refractivity contribution in [2.45, 2.75) is 69.9 Å². The molecule has 3 N–H and O–H groups in total. The Morgan fingerprint density at radius 3 is 2.27 bits per heavy atom. The maximum absolute atomic E-state index is 12.6. The highest BCUT2D eigenvalue weighted by Gasteiger charge is 2.25. The zero-order valence-electron chi connectivity index (χ0n) is 22.0. The molecule has 0 unspecified atom stereocenters. The average Bonchev–Trinajstić information content (AvgIpc) is 2.91. The minimum Gasteiger partial charge on any atom is -0.362 e. The number of hydrogen-bond donors (Lipinski definition) is 3. The van der Waals surface area contributed by atoms with E-state index in [4.69, 9.17) is 9.97 Å². The molecular weight excluding hydrogens is 460 g/mol. The number of urea groups is 1. The summed E-state index contributed by atoms with van der Waals surface area (Å²) in [5, 5.41) is 9.73. The molecule has 194 valence electrons. The zero-order chi connectivity index (χ0) is 25.6. The number of anilines is 3. The third-order valence-corrected chi connectivity index (χ3v) is 7.44. The van der Waals surface area contributed by atoms with Crippen LogP contribution in [0.25, 0.3) is 0 Å². The first kappa shape index (κ1) is 25.1. The summed E-state index contributed by atoms with van der Waals surface area (Å²) >= 11 is 0. The van der Waals surface area contributed by atoms with Gasteiger partial charge in [-0.3, -0.25) is 0 Å². The molecule has 0 aliphatic heterocycles. The highest BCUT2D eigenvalue weighted by molar-refractivity contribution is 5.89. The number of amides is 2. The van der Waals surface area contributed by atoms with Crippen LogP contribution in [0.3, 0.4) is 0 Å². The Labute approximate surface area is 220 Å². The van der Waals surface area contributed by atoms with Gasteiger partial charge in [-0.25, -0.2) is 9.78 Å². The molecule has 0 spiro atoms. The molecule has 1 heterocycles. The fourth-order valence-corrected chi connectivity index (χ4v) is 5.46.